The molecule has 4 aliphatic rings. The zero-order valence-electron chi connectivity index (χ0n) is 22.8. The highest BCUT2D eigenvalue weighted by Gasteiger charge is 2.75. The number of aliphatic hydroxyl groups is 4. The lowest BCUT2D eigenvalue weighted by Crippen LogP contribution is -2.79. The first-order valence-electron chi connectivity index (χ1n) is 13.4. The third-order valence-electron chi connectivity index (χ3n) is 10.2. The van der Waals surface area contributed by atoms with Crippen LogP contribution in [-0.4, -0.2) is 74.7 Å². The Kier molecular flexibility index (Phi) is 6.40. The molecular formula is C30H40O8. The molecular weight excluding hydrogens is 488 g/mol. The zero-order chi connectivity index (χ0) is 27.8. The van der Waals surface area contributed by atoms with Crippen molar-refractivity contribution in [3.8, 4) is 0 Å². The topological polar surface area (TPSA) is 126 Å². The normalized spacial score (nSPS) is 43.5. The maximum absolute atomic E-state index is 12.8. The molecule has 38 heavy (non-hydrogen) atoms. The summed E-state index contributed by atoms with van der Waals surface area (Å²) in [5, 5.41) is 47.6. The standard InChI is InChI=1S/C30H40O8/c1-16-20(32)14-30(35)26(37-17(2)19-10-8-7-9-11-19)24-28(6,25(34)23(33)22(16)27(30,4)5)13-12-21-29(24,15-36-21)38-18(3)31/h7-11,20-21,23-26,32-35H,2,12-15H2,1,3-6H3/t20-,21+,23+,24-,25+,26-,28+,29-,30+/m0/s1. The summed E-state index contributed by atoms with van der Waals surface area (Å²) in [5.41, 5.74) is -3.48. The average Bonchev–Trinajstić information content (AvgIpc) is 2.84. The lowest BCUT2D eigenvalue weighted by molar-refractivity contribution is -0.348. The molecule has 1 saturated heterocycles. The third-order valence-corrected chi connectivity index (χ3v) is 10.2. The maximum Gasteiger partial charge on any atom is 0.303 e. The molecule has 4 N–H and O–H groups in total. The highest BCUT2D eigenvalue weighted by Crippen LogP contribution is 2.65. The molecule has 9 atom stereocenters. The molecule has 1 aromatic rings. The highest BCUT2D eigenvalue weighted by atomic mass is 16.6. The third kappa shape index (κ3) is 3.57. The van der Waals surface area contributed by atoms with E-state index in [0.29, 0.717) is 35.3 Å². The second-order valence-corrected chi connectivity index (χ2v) is 12.5. The SMILES string of the molecule is C=C(O[C@H]1[C@H]2[C@@](C)(CC[C@H]3OC[C@]32OC(C)=O)[C@H](O)[C@H](O)C2=C(C)[C@@H](O)C[C@]1(O)C2(C)C)c1ccccc1. The molecule has 0 aromatic heterocycles. The summed E-state index contributed by atoms with van der Waals surface area (Å²) in [6.45, 7) is 12.8. The number of fused-ring (bicyclic) bond motifs is 5. The van der Waals surface area contributed by atoms with Gasteiger partial charge in [-0.25, -0.2) is 0 Å². The van der Waals surface area contributed by atoms with Crippen molar-refractivity contribution < 1.29 is 39.4 Å². The lowest BCUT2D eigenvalue weighted by atomic mass is 9.45. The molecule has 208 valence electrons. The van der Waals surface area contributed by atoms with Gasteiger partial charge in [-0.15, -0.1) is 0 Å². The summed E-state index contributed by atoms with van der Waals surface area (Å²) < 4.78 is 18.6. The molecule has 2 saturated carbocycles. The molecule has 0 spiro atoms. The largest absolute Gasteiger partial charge is 0.487 e. The number of benzene rings is 1. The molecule has 0 unspecified atom stereocenters. The summed E-state index contributed by atoms with van der Waals surface area (Å²) in [6, 6.07) is 9.29. The molecule has 3 fully saturated rings. The van der Waals surface area contributed by atoms with Crippen molar-refractivity contribution >= 4 is 11.7 Å². The molecule has 8 nitrogen and oxygen atoms in total. The molecule has 5 rings (SSSR count). The fourth-order valence-corrected chi connectivity index (χ4v) is 7.99. The Morgan fingerprint density at radius 1 is 1.13 bits per heavy atom. The molecule has 1 aromatic carbocycles. The quantitative estimate of drug-likeness (QED) is 0.267. The monoisotopic (exact) mass is 528 g/mol. The minimum Gasteiger partial charge on any atom is -0.487 e. The Bertz CT molecular complexity index is 1160. The van der Waals surface area contributed by atoms with Crippen LogP contribution in [0.25, 0.3) is 5.76 Å². The lowest BCUT2D eigenvalue weighted by Gasteiger charge is -2.68. The van der Waals surface area contributed by atoms with Gasteiger partial charge in [-0.05, 0) is 30.9 Å². The first-order valence-corrected chi connectivity index (χ1v) is 13.4. The van der Waals surface area contributed by atoms with Crippen molar-refractivity contribution in [3.05, 3.63) is 53.6 Å². The second kappa shape index (κ2) is 8.89. The van der Waals surface area contributed by atoms with E-state index < -0.39 is 64.4 Å². The van der Waals surface area contributed by atoms with Crippen LogP contribution in [0.1, 0.15) is 59.4 Å². The summed E-state index contributed by atoms with van der Waals surface area (Å²) in [4.78, 5) is 12.5. The Morgan fingerprint density at radius 2 is 1.79 bits per heavy atom. The van der Waals surface area contributed by atoms with Crippen LogP contribution in [0.4, 0.5) is 0 Å². The van der Waals surface area contributed by atoms with Gasteiger partial charge in [0, 0.05) is 29.7 Å². The van der Waals surface area contributed by atoms with Crippen LogP contribution in [0.2, 0.25) is 0 Å². The number of ether oxygens (including phenoxy) is 3. The van der Waals surface area contributed by atoms with Crippen molar-refractivity contribution in [2.24, 2.45) is 16.7 Å². The Hall–Kier alpha value is -2.23. The van der Waals surface area contributed by atoms with Crippen molar-refractivity contribution in [3.63, 3.8) is 0 Å². The molecule has 2 bridgehead atoms. The van der Waals surface area contributed by atoms with E-state index in [-0.39, 0.29) is 13.0 Å². The van der Waals surface area contributed by atoms with Gasteiger partial charge in [-0.1, -0.05) is 57.7 Å². The summed E-state index contributed by atoms with van der Waals surface area (Å²) in [7, 11) is 0. The number of aliphatic hydroxyl groups excluding tert-OH is 3. The average molecular weight is 529 g/mol. The number of hydrogen-bond acceptors (Lipinski definition) is 8. The molecule has 1 aliphatic heterocycles. The van der Waals surface area contributed by atoms with Crippen LogP contribution < -0.4 is 0 Å². The van der Waals surface area contributed by atoms with E-state index in [4.69, 9.17) is 14.2 Å². The maximum atomic E-state index is 12.8. The Labute approximate surface area is 223 Å². The van der Waals surface area contributed by atoms with Crippen LogP contribution in [-0.2, 0) is 19.0 Å². The number of carbonyl (C=O) groups is 1. The van der Waals surface area contributed by atoms with Gasteiger partial charge in [0.2, 0.25) is 0 Å². The van der Waals surface area contributed by atoms with Crippen LogP contribution >= 0.6 is 0 Å². The van der Waals surface area contributed by atoms with E-state index >= 15 is 0 Å². The molecule has 0 radical (unpaired) electrons. The van der Waals surface area contributed by atoms with Crippen molar-refractivity contribution in [2.45, 2.75) is 95.6 Å². The predicted octanol–water partition coefficient (Wildman–Crippen LogP) is 2.73. The van der Waals surface area contributed by atoms with E-state index in [1.165, 1.54) is 6.92 Å². The summed E-state index contributed by atoms with van der Waals surface area (Å²) >= 11 is 0. The minimum absolute atomic E-state index is 0.0682. The van der Waals surface area contributed by atoms with E-state index in [1.54, 1.807) is 20.8 Å². The van der Waals surface area contributed by atoms with Gasteiger partial charge in [-0.3, -0.25) is 4.79 Å². The second-order valence-electron chi connectivity index (χ2n) is 12.5. The van der Waals surface area contributed by atoms with Gasteiger partial charge in [0.05, 0.1) is 24.7 Å². The smallest absolute Gasteiger partial charge is 0.303 e. The molecule has 3 aliphatic carbocycles. The zero-order valence-corrected chi connectivity index (χ0v) is 22.8. The first kappa shape index (κ1) is 27.3. The van der Waals surface area contributed by atoms with Crippen LogP contribution in [0, 0.1) is 16.7 Å². The van der Waals surface area contributed by atoms with E-state index in [9.17, 15) is 25.2 Å². The number of esters is 1. The Morgan fingerprint density at radius 3 is 2.37 bits per heavy atom. The van der Waals surface area contributed by atoms with Gasteiger partial charge in [-0.2, -0.15) is 0 Å². The van der Waals surface area contributed by atoms with Gasteiger partial charge >= 0.3 is 5.97 Å². The van der Waals surface area contributed by atoms with Gasteiger partial charge in [0.25, 0.3) is 0 Å². The van der Waals surface area contributed by atoms with Gasteiger partial charge in [0.1, 0.15) is 29.7 Å². The molecule has 0 amide bonds. The van der Waals surface area contributed by atoms with Crippen molar-refractivity contribution in [2.75, 3.05) is 6.61 Å². The van der Waals surface area contributed by atoms with Crippen LogP contribution in [0.15, 0.2) is 48.1 Å². The first-order chi connectivity index (χ1) is 17.7. The fourth-order valence-electron chi connectivity index (χ4n) is 7.99. The van der Waals surface area contributed by atoms with Crippen LogP contribution in [0.5, 0.6) is 0 Å². The number of rotatable bonds is 4. The van der Waals surface area contributed by atoms with Crippen LogP contribution in [0.3, 0.4) is 0 Å². The minimum atomic E-state index is -1.74. The fraction of sp³-hybridized carbons (Fsp3) is 0.633. The highest BCUT2D eigenvalue weighted by molar-refractivity contribution is 5.67. The summed E-state index contributed by atoms with van der Waals surface area (Å²) in [6.07, 6.45) is -4.40. The summed E-state index contributed by atoms with van der Waals surface area (Å²) in [5.74, 6) is -1.000. The number of carbonyl (C=O) groups excluding carboxylic acids is 1. The van der Waals surface area contributed by atoms with Gasteiger partial charge < -0.3 is 34.6 Å². The van der Waals surface area contributed by atoms with E-state index in [2.05, 4.69) is 6.58 Å². The van der Waals surface area contributed by atoms with Gasteiger partial charge in [0.15, 0.2) is 5.60 Å². The molecule has 1 heterocycles. The number of hydrogen-bond donors (Lipinski definition) is 4. The van der Waals surface area contributed by atoms with E-state index in [1.807, 2.05) is 37.3 Å². The predicted molar refractivity (Wildman–Crippen MR) is 139 cm³/mol. The van der Waals surface area contributed by atoms with Crippen molar-refractivity contribution in [1.29, 1.82) is 0 Å². The molecule has 8 heteroatoms. The van der Waals surface area contributed by atoms with Crippen molar-refractivity contribution in [1.82, 2.24) is 0 Å². The Balaban J connectivity index is 1.78. The van der Waals surface area contributed by atoms with E-state index in [0.717, 1.165) is 0 Å².